The summed E-state index contributed by atoms with van der Waals surface area (Å²) in [7, 11) is 0. The molecule has 0 radical (unpaired) electrons. The molecule has 0 saturated heterocycles. The number of hydrogen-bond donors (Lipinski definition) is 2. The number of allylic oxidation sites excluding steroid dienone is 4. The van der Waals surface area contributed by atoms with E-state index in [0.29, 0.717) is 6.54 Å². The Morgan fingerprint density at radius 3 is 2.73 bits per heavy atom. The van der Waals surface area contributed by atoms with E-state index in [-0.39, 0.29) is 5.41 Å². The Balaban J connectivity index is 1.95. The first-order valence-corrected chi connectivity index (χ1v) is 10.9. The number of aliphatic imine (C=N–C) groups is 1. The molecule has 1 heterocycles. The van der Waals surface area contributed by atoms with Crippen molar-refractivity contribution in [3.8, 4) is 0 Å². The molecule has 2 rings (SSSR count). The van der Waals surface area contributed by atoms with Crippen LogP contribution in [0.3, 0.4) is 0 Å². The molecule has 162 valence electrons. The van der Waals surface area contributed by atoms with E-state index < -0.39 is 0 Å². The van der Waals surface area contributed by atoms with Crippen LogP contribution in [0, 0.1) is 10.8 Å². The summed E-state index contributed by atoms with van der Waals surface area (Å²) in [5.74, 6) is 1.09. The van der Waals surface area contributed by atoms with Gasteiger partial charge in [0.25, 0.3) is 0 Å². The molecule has 1 aromatic carbocycles. The number of carbonyl (C=O) groups is 1. The molecule has 30 heavy (non-hydrogen) atoms. The van der Waals surface area contributed by atoms with Gasteiger partial charge in [-0.1, -0.05) is 68.8 Å². The van der Waals surface area contributed by atoms with Gasteiger partial charge < -0.3 is 15.6 Å². The van der Waals surface area contributed by atoms with Gasteiger partial charge in [-0.3, -0.25) is 9.79 Å². The fourth-order valence-corrected chi connectivity index (χ4v) is 3.54. The fraction of sp³-hybridized carbons (Fsp3) is 0.480. The second kappa shape index (κ2) is 12.1. The summed E-state index contributed by atoms with van der Waals surface area (Å²) in [5.41, 5.74) is 3.46. The number of amidine groups is 1. The largest absolute Gasteiger partial charge is 0.358 e. The van der Waals surface area contributed by atoms with Gasteiger partial charge in [0.05, 0.1) is 6.54 Å². The van der Waals surface area contributed by atoms with Crippen molar-refractivity contribution in [2.75, 3.05) is 26.2 Å². The molecule has 0 unspecified atom stereocenters. The maximum Gasteiger partial charge on any atom is 0.207 e. The number of amides is 1. The van der Waals surface area contributed by atoms with E-state index in [2.05, 4.69) is 73.5 Å². The van der Waals surface area contributed by atoms with Crippen molar-refractivity contribution >= 4 is 18.5 Å². The highest BCUT2D eigenvalue weighted by atomic mass is 16.1. The number of carbonyl (C=O) groups excluding carboxylic acids is 1. The van der Waals surface area contributed by atoms with Gasteiger partial charge in [0.1, 0.15) is 5.84 Å². The Hall–Kier alpha value is -2.69. The molecule has 0 bridgehead atoms. The normalized spacial score (nSPS) is 14.8. The minimum atomic E-state index is -0.212. The number of benzene rings is 1. The average molecular weight is 409 g/mol. The van der Waals surface area contributed by atoms with Crippen molar-refractivity contribution in [3.05, 3.63) is 59.2 Å². The third-order valence-electron chi connectivity index (χ3n) is 5.18. The lowest BCUT2D eigenvalue weighted by Gasteiger charge is -2.21. The molecule has 0 atom stereocenters. The lowest BCUT2D eigenvalue weighted by atomic mass is 9.90. The lowest BCUT2D eigenvalue weighted by molar-refractivity contribution is -0.109. The van der Waals surface area contributed by atoms with Gasteiger partial charge in [-0.2, -0.15) is 0 Å². The summed E-state index contributed by atoms with van der Waals surface area (Å²) >= 11 is 0. The van der Waals surface area contributed by atoms with Crippen LogP contribution in [0.2, 0.25) is 0 Å². The van der Waals surface area contributed by atoms with Crippen molar-refractivity contribution in [1.82, 2.24) is 10.2 Å². The Labute approximate surface area is 181 Å². The van der Waals surface area contributed by atoms with Crippen LogP contribution >= 0.6 is 0 Å². The highest BCUT2D eigenvalue weighted by molar-refractivity contribution is 5.99. The van der Waals surface area contributed by atoms with Gasteiger partial charge in [-0.05, 0) is 31.2 Å². The Morgan fingerprint density at radius 1 is 1.30 bits per heavy atom. The van der Waals surface area contributed by atoms with Crippen LogP contribution in [0.1, 0.15) is 51.2 Å². The van der Waals surface area contributed by atoms with Gasteiger partial charge in [-0.25, -0.2) is 0 Å². The molecule has 0 aliphatic carbocycles. The summed E-state index contributed by atoms with van der Waals surface area (Å²) in [6, 6.07) is 8.51. The minimum Gasteiger partial charge on any atom is -0.358 e. The zero-order chi connectivity index (χ0) is 21.8. The summed E-state index contributed by atoms with van der Waals surface area (Å²) in [5, 5.41) is 10.3. The summed E-state index contributed by atoms with van der Waals surface area (Å²) in [6.45, 7) is 9.75. The molecule has 2 N–H and O–H groups in total. The van der Waals surface area contributed by atoms with Gasteiger partial charge in [0.2, 0.25) is 6.41 Å². The van der Waals surface area contributed by atoms with Crippen LogP contribution in [-0.2, 0) is 11.2 Å². The van der Waals surface area contributed by atoms with Crippen LogP contribution in [0.5, 0.6) is 0 Å². The van der Waals surface area contributed by atoms with Crippen LogP contribution in [0.4, 0.5) is 0 Å². The molecule has 0 spiro atoms. The molecule has 0 saturated carbocycles. The van der Waals surface area contributed by atoms with E-state index in [4.69, 9.17) is 10.4 Å². The Bertz CT molecular complexity index is 775. The second-order valence-electron chi connectivity index (χ2n) is 8.31. The zero-order valence-corrected chi connectivity index (χ0v) is 18.7. The first-order valence-electron chi connectivity index (χ1n) is 10.9. The summed E-state index contributed by atoms with van der Waals surface area (Å²) < 4.78 is 0. The molecule has 1 aliphatic heterocycles. The van der Waals surface area contributed by atoms with E-state index in [9.17, 15) is 4.79 Å². The van der Waals surface area contributed by atoms with Crippen LogP contribution < -0.4 is 5.32 Å². The van der Waals surface area contributed by atoms with Crippen molar-refractivity contribution < 1.29 is 4.79 Å². The summed E-state index contributed by atoms with van der Waals surface area (Å²) in [6.07, 6.45) is 12.8. The molecule has 1 aliphatic rings. The Kier molecular flexibility index (Phi) is 9.52. The zero-order valence-electron chi connectivity index (χ0n) is 18.7. The number of nitrogens with zero attached hydrogens (tertiary/aromatic N) is 2. The molecular weight excluding hydrogens is 372 g/mol. The van der Waals surface area contributed by atoms with Crippen molar-refractivity contribution in [2.24, 2.45) is 10.4 Å². The SMILES string of the molecule is CC/C=C\C(=C/C(C)(C)C=N)CCCN1CCN=C1c1ccc(CCNC=O)cc1. The molecule has 0 fully saturated rings. The van der Waals surface area contributed by atoms with Crippen molar-refractivity contribution in [3.63, 3.8) is 0 Å². The molecule has 1 aromatic rings. The second-order valence-corrected chi connectivity index (χ2v) is 8.31. The first-order chi connectivity index (χ1) is 14.5. The average Bonchev–Trinajstić information content (AvgIpc) is 3.21. The van der Waals surface area contributed by atoms with E-state index >= 15 is 0 Å². The molecule has 0 aromatic heterocycles. The maximum atomic E-state index is 10.4. The molecule has 5 nitrogen and oxygen atoms in total. The quantitative estimate of drug-likeness (QED) is 0.220. The smallest absolute Gasteiger partial charge is 0.207 e. The fourth-order valence-electron chi connectivity index (χ4n) is 3.54. The molecule has 1 amide bonds. The van der Waals surface area contributed by atoms with E-state index in [1.807, 2.05) is 0 Å². The van der Waals surface area contributed by atoms with E-state index in [1.54, 1.807) is 0 Å². The summed E-state index contributed by atoms with van der Waals surface area (Å²) in [4.78, 5) is 17.5. The standard InChI is InChI=1S/C25H36N4O/c1-4-5-7-22(18-25(2,3)19-26)8-6-16-29-17-15-28-24(29)23-11-9-21(10-12-23)13-14-27-20-30/h5,7,9-12,18-20,26H,4,6,8,13-17H2,1-3H3,(H,27,30)/b7-5-,22-18+,26-19?. The van der Waals surface area contributed by atoms with Crippen molar-refractivity contribution in [2.45, 2.75) is 46.5 Å². The predicted molar refractivity (Wildman–Crippen MR) is 127 cm³/mol. The lowest BCUT2D eigenvalue weighted by Crippen LogP contribution is -2.29. The third kappa shape index (κ3) is 7.62. The van der Waals surface area contributed by atoms with E-state index in [0.717, 1.165) is 63.1 Å². The van der Waals surface area contributed by atoms with Gasteiger partial charge in [0.15, 0.2) is 0 Å². The van der Waals surface area contributed by atoms with Crippen LogP contribution in [0.25, 0.3) is 0 Å². The molecular formula is C25H36N4O. The predicted octanol–water partition coefficient (Wildman–Crippen LogP) is 4.39. The highest BCUT2D eigenvalue weighted by Crippen LogP contribution is 2.21. The van der Waals surface area contributed by atoms with E-state index in [1.165, 1.54) is 17.4 Å². The molecule has 5 heteroatoms. The Morgan fingerprint density at radius 2 is 2.07 bits per heavy atom. The van der Waals surface area contributed by atoms with Crippen LogP contribution in [-0.4, -0.2) is 49.5 Å². The van der Waals surface area contributed by atoms with Gasteiger partial charge in [-0.15, -0.1) is 0 Å². The number of hydrogen-bond acceptors (Lipinski definition) is 4. The highest BCUT2D eigenvalue weighted by Gasteiger charge is 2.18. The number of rotatable bonds is 13. The van der Waals surface area contributed by atoms with Gasteiger partial charge in [0, 0.05) is 36.8 Å². The minimum absolute atomic E-state index is 0.212. The van der Waals surface area contributed by atoms with Crippen molar-refractivity contribution in [1.29, 1.82) is 5.41 Å². The number of nitrogens with one attached hydrogen (secondary N) is 2. The monoisotopic (exact) mass is 408 g/mol. The van der Waals surface area contributed by atoms with Gasteiger partial charge >= 0.3 is 0 Å². The maximum absolute atomic E-state index is 10.4. The first kappa shape index (κ1) is 23.6. The van der Waals surface area contributed by atoms with Crippen LogP contribution in [0.15, 0.2) is 53.1 Å². The topological polar surface area (TPSA) is 68.6 Å². The third-order valence-corrected chi connectivity index (χ3v) is 5.18.